The molecule has 0 N–H and O–H groups in total. The summed E-state index contributed by atoms with van der Waals surface area (Å²) in [4.78, 5) is 0. The second-order valence-corrected chi connectivity index (χ2v) is 17.1. The summed E-state index contributed by atoms with van der Waals surface area (Å²) in [7, 11) is 0. The summed E-state index contributed by atoms with van der Waals surface area (Å²) in [6.07, 6.45) is 0. The highest BCUT2D eigenvalue weighted by atomic mass is 15.0. The van der Waals surface area contributed by atoms with Crippen LogP contribution in [0.2, 0.25) is 0 Å². The van der Waals surface area contributed by atoms with E-state index in [9.17, 15) is 0 Å². The molecule has 0 bridgehead atoms. The van der Waals surface area contributed by atoms with Crippen molar-refractivity contribution < 1.29 is 0 Å². The topological polar surface area (TPSA) is 4.93 Å². The van der Waals surface area contributed by atoms with Gasteiger partial charge in [-0.25, -0.2) is 0 Å². The van der Waals surface area contributed by atoms with Crippen molar-refractivity contribution >= 4 is 21.8 Å². The molecule has 0 fully saturated rings. The maximum absolute atomic E-state index is 2.55. The molecule has 11 aromatic rings. The maximum atomic E-state index is 2.55. The standard InChI is InChI=1S/C62H41N/c1-5-18-41(19-6-1)43-22-17-27-48(38-43)63-58-37-33-45(44-32-34-51-54(39-44)49-28-13-14-29-50(49)59(51)42-20-7-2-8-21-42)40-55(58)52-35-36-57-60(61(52)63)53-30-15-16-31-56(53)62(57,46-23-9-3-10-24-46)47-25-11-4-12-26-47/h1-40,59H. The van der Waals surface area contributed by atoms with Gasteiger partial charge in [0.15, 0.2) is 0 Å². The van der Waals surface area contributed by atoms with Crippen LogP contribution in [0.1, 0.15) is 44.9 Å². The van der Waals surface area contributed by atoms with E-state index in [1.807, 2.05) is 0 Å². The van der Waals surface area contributed by atoms with Gasteiger partial charge >= 0.3 is 0 Å². The van der Waals surface area contributed by atoms with Crippen LogP contribution in [0.5, 0.6) is 0 Å². The zero-order valence-electron chi connectivity index (χ0n) is 34.6. The van der Waals surface area contributed by atoms with E-state index in [-0.39, 0.29) is 5.92 Å². The van der Waals surface area contributed by atoms with Crippen molar-refractivity contribution in [1.29, 1.82) is 0 Å². The summed E-state index contributed by atoms with van der Waals surface area (Å²) < 4.78 is 2.55. The summed E-state index contributed by atoms with van der Waals surface area (Å²) in [5.41, 5.74) is 22.4. The number of benzene rings is 10. The molecule has 2 aliphatic rings. The first-order chi connectivity index (χ1) is 31.3. The molecule has 2 aliphatic carbocycles. The summed E-state index contributed by atoms with van der Waals surface area (Å²) in [5.74, 6) is 0.224. The highest BCUT2D eigenvalue weighted by molar-refractivity contribution is 6.17. The lowest BCUT2D eigenvalue weighted by atomic mass is 9.67. The second kappa shape index (κ2) is 14.0. The second-order valence-electron chi connectivity index (χ2n) is 17.1. The normalized spacial score (nSPS) is 14.3. The minimum absolute atomic E-state index is 0.224. The van der Waals surface area contributed by atoms with E-state index in [1.165, 1.54) is 105 Å². The Hall–Kier alpha value is -8.00. The molecule has 0 radical (unpaired) electrons. The van der Waals surface area contributed by atoms with E-state index in [4.69, 9.17) is 0 Å². The summed E-state index contributed by atoms with van der Waals surface area (Å²) in [6.45, 7) is 0. The molecule has 0 saturated heterocycles. The molecule has 1 heteroatoms. The molecule has 1 atom stereocenters. The first kappa shape index (κ1) is 35.7. The van der Waals surface area contributed by atoms with Gasteiger partial charge in [0.05, 0.1) is 16.4 Å². The lowest BCUT2D eigenvalue weighted by molar-refractivity contribution is 0.769. The van der Waals surface area contributed by atoms with Crippen molar-refractivity contribution in [2.24, 2.45) is 0 Å². The number of rotatable bonds is 6. The summed E-state index contributed by atoms with van der Waals surface area (Å²) in [6, 6.07) is 90.3. The fraction of sp³-hybridized carbons (Fsp3) is 0.0323. The largest absolute Gasteiger partial charge is 0.309 e. The number of hydrogen-bond donors (Lipinski definition) is 0. The number of fused-ring (bicyclic) bond motifs is 10. The minimum Gasteiger partial charge on any atom is -0.309 e. The Morgan fingerprint density at radius 2 is 0.937 bits per heavy atom. The Morgan fingerprint density at radius 3 is 1.70 bits per heavy atom. The molecule has 13 rings (SSSR count). The van der Waals surface area contributed by atoms with Crippen LogP contribution in [0.4, 0.5) is 0 Å². The van der Waals surface area contributed by atoms with Crippen LogP contribution in [0.15, 0.2) is 243 Å². The quantitative estimate of drug-likeness (QED) is 0.158. The van der Waals surface area contributed by atoms with E-state index in [0.717, 1.165) is 5.69 Å². The molecule has 10 aromatic carbocycles. The van der Waals surface area contributed by atoms with Crippen molar-refractivity contribution in [1.82, 2.24) is 4.57 Å². The fourth-order valence-electron chi connectivity index (χ4n) is 11.3. The number of aromatic nitrogens is 1. The Labute approximate surface area is 367 Å². The van der Waals surface area contributed by atoms with Gasteiger partial charge in [-0.05, 0) is 108 Å². The predicted octanol–water partition coefficient (Wildman–Crippen LogP) is 15.6. The van der Waals surface area contributed by atoms with E-state index in [0.29, 0.717) is 0 Å². The van der Waals surface area contributed by atoms with Gasteiger partial charge in [0.1, 0.15) is 0 Å². The van der Waals surface area contributed by atoms with Crippen molar-refractivity contribution in [3.8, 4) is 50.2 Å². The SMILES string of the molecule is c1ccc(-c2cccc(-n3c4ccc(-c5ccc6c(c5)-c5ccccc5C6c5ccccc5)cc4c4ccc5c(c43)-c3ccccc3C5(c3ccccc3)c3ccccc3)c2)cc1. The number of hydrogen-bond acceptors (Lipinski definition) is 0. The Bertz CT molecular complexity index is 3510. The van der Waals surface area contributed by atoms with Crippen LogP contribution in [0.25, 0.3) is 72.0 Å². The Kier molecular flexibility index (Phi) is 7.95. The zero-order chi connectivity index (χ0) is 41.5. The lowest BCUT2D eigenvalue weighted by Gasteiger charge is -2.33. The summed E-state index contributed by atoms with van der Waals surface area (Å²) in [5, 5.41) is 2.49. The minimum atomic E-state index is -0.501. The molecule has 63 heavy (non-hydrogen) atoms. The van der Waals surface area contributed by atoms with Crippen molar-refractivity contribution in [2.45, 2.75) is 11.3 Å². The Morgan fingerprint density at radius 1 is 0.349 bits per heavy atom. The monoisotopic (exact) mass is 799 g/mol. The van der Waals surface area contributed by atoms with Crippen molar-refractivity contribution in [3.63, 3.8) is 0 Å². The first-order valence-corrected chi connectivity index (χ1v) is 22.0. The van der Waals surface area contributed by atoms with Gasteiger partial charge in [-0.3, -0.25) is 0 Å². The molecule has 1 nitrogen and oxygen atoms in total. The molecule has 0 spiro atoms. The van der Waals surface area contributed by atoms with E-state index < -0.39 is 5.41 Å². The van der Waals surface area contributed by atoms with Crippen LogP contribution in [0, 0.1) is 0 Å². The Balaban J connectivity index is 1.09. The molecule has 294 valence electrons. The fourth-order valence-corrected chi connectivity index (χ4v) is 11.3. The molecule has 1 heterocycles. The van der Waals surface area contributed by atoms with Crippen molar-refractivity contribution in [3.05, 3.63) is 282 Å². The van der Waals surface area contributed by atoms with E-state index in [2.05, 4.69) is 247 Å². The maximum Gasteiger partial charge on any atom is 0.0714 e. The van der Waals surface area contributed by atoms with E-state index >= 15 is 0 Å². The third-order valence-electron chi connectivity index (χ3n) is 14.0. The molecule has 0 amide bonds. The van der Waals surface area contributed by atoms with Gasteiger partial charge in [0.2, 0.25) is 0 Å². The number of nitrogens with zero attached hydrogens (tertiary/aromatic N) is 1. The highest BCUT2D eigenvalue weighted by Crippen LogP contribution is 2.59. The third-order valence-corrected chi connectivity index (χ3v) is 14.0. The molecule has 1 unspecified atom stereocenters. The predicted molar refractivity (Wildman–Crippen MR) is 262 cm³/mol. The van der Waals surface area contributed by atoms with Gasteiger partial charge in [0, 0.05) is 27.9 Å². The molecular formula is C62H41N. The van der Waals surface area contributed by atoms with Gasteiger partial charge < -0.3 is 4.57 Å². The van der Waals surface area contributed by atoms with Crippen LogP contribution in [0.3, 0.4) is 0 Å². The van der Waals surface area contributed by atoms with Crippen molar-refractivity contribution in [2.75, 3.05) is 0 Å². The molecule has 1 aromatic heterocycles. The van der Waals surface area contributed by atoms with Gasteiger partial charge in [-0.1, -0.05) is 212 Å². The molecule has 0 aliphatic heterocycles. The van der Waals surface area contributed by atoms with Gasteiger partial charge in [0.25, 0.3) is 0 Å². The zero-order valence-corrected chi connectivity index (χ0v) is 34.6. The van der Waals surface area contributed by atoms with Crippen LogP contribution in [-0.2, 0) is 5.41 Å². The first-order valence-electron chi connectivity index (χ1n) is 22.0. The van der Waals surface area contributed by atoms with Crippen LogP contribution >= 0.6 is 0 Å². The lowest BCUT2D eigenvalue weighted by Crippen LogP contribution is -2.28. The highest BCUT2D eigenvalue weighted by Gasteiger charge is 2.47. The third kappa shape index (κ3) is 5.24. The van der Waals surface area contributed by atoms with Crippen LogP contribution in [-0.4, -0.2) is 4.57 Å². The summed E-state index contributed by atoms with van der Waals surface area (Å²) >= 11 is 0. The smallest absolute Gasteiger partial charge is 0.0714 e. The van der Waals surface area contributed by atoms with Crippen LogP contribution < -0.4 is 0 Å². The average molecular weight is 800 g/mol. The average Bonchev–Trinajstić information content (AvgIpc) is 3.99. The van der Waals surface area contributed by atoms with Gasteiger partial charge in [-0.2, -0.15) is 0 Å². The van der Waals surface area contributed by atoms with Gasteiger partial charge in [-0.15, -0.1) is 0 Å². The molecular weight excluding hydrogens is 759 g/mol. The van der Waals surface area contributed by atoms with E-state index in [1.54, 1.807) is 0 Å². The molecule has 0 saturated carbocycles.